The first-order valence-corrected chi connectivity index (χ1v) is 25.8. The number of aliphatic hydroxyl groups is 6. The van der Waals surface area contributed by atoms with E-state index in [-0.39, 0.29) is 81.6 Å². The van der Waals surface area contributed by atoms with Gasteiger partial charge in [-0.05, 0) is 162 Å². The zero-order chi connectivity index (χ0) is 56.5. The molecule has 4 rings (SSSR count). The Balaban J connectivity index is 0.000001000. The van der Waals surface area contributed by atoms with E-state index in [2.05, 4.69) is 33.1 Å². The van der Waals surface area contributed by atoms with E-state index >= 15 is 0 Å². The van der Waals surface area contributed by atoms with Crippen molar-refractivity contribution in [3.8, 4) is 46.7 Å². The van der Waals surface area contributed by atoms with Gasteiger partial charge in [-0.1, -0.05) is 13.8 Å². The van der Waals surface area contributed by atoms with Crippen LogP contribution in [0.3, 0.4) is 0 Å². The predicted octanol–water partition coefficient (Wildman–Crippen LogP) is 9.82. The van der Waals surface area contributed by atoms with Gasteiger partial charge in [-0.3, -0.25) is 4.79 Å². The van der Waals surface area contributed by atoms with Crippen LogP contribution < -0.4 is 18.9 Å². The summed E-state index contributed by atoms with van der Waals surface area (Å²) < 4.78 is 81.7. The smallest absolute Gasteiger partial charge is 0.302 e. The molecule has 0 aliphatic carbocycles. The fourth-order valence-electron chi connectivity index (χ4n) is 6.12. The Morgan fingerprint density at radius 2 is 0.803 bits per heavy atom. The summed E-state index contributed by atoms with van der Waals surface area (Å²) in [5, 5.41) is 56.5. The number of carbonyl (C=O) groups is 1. The van der Waals surface area contributed by atoms with Gasteiger partial charge in [-0.25, -0.2) is 17.6 Å². The Morgan fingerprint density at radius 3 is 1.09 bits per heavy atom. The fourth-order valence-corrected chi connectivity index (χ4v) is 6.23. The van der Waals surface area contributed by atoms with Crippen LogP contribution in [0.1, 0.15) is 100 Å². The topological polar surface area (TPSA) is 194 Å². The van der Waals surface area contributed by atoms with Gasteiger partial charge in [0.05, 0.1) is 49.8 Å². The standard InChI is InChI=1S/C16H22FO3P.C16H21FO3.C14H19FO4.C12H17FO3.H2/c1-13(4-2-3-11-20-21)5-8-15(18)12-19-16-9-6-14(17)7-10-16;1-13(4-2-3-11-18)5-8-15(19)12-20-16-9-6-14(17)7-10-16;1-10(19-11(2)16)3-6-13(17)9-18-14-7-4-12(15)5-8-14;1-9(14)2-5-11(15)8-16-12-6-3-10(13)4-7-12;/h6-7,9-10,13,15,18H,3,5,8,11-12,21H2,1H3;6-7,9-10,13,15,18-19H,3,5,8,11-12H2,1H3;4-5,7-8,10,13,17H,3,6,9H2,1-2H3;3-4,6-7,9,11,14-15H,2,5,8H2,1H3;1H/t2*13?,15-;10?,13-;9?,11-;/m0000./s1/i;;;;1+2. The number of hydrogen-bond donors (Lipinski definition) is 6. The third-order valence-electron chi connectivity index (χ3n) is 10.4. The second kappa shape index (κ2) is 42.6. The van der Waals surface area contributed by atoms with Crippen molar-refractivity contribution >= 4 is 15.4 Å². The molecule has 0 bridgehead atoms. The van der Waals surface area contributed by atoms with Crippen LogP contribution >= 0.6 is 9.47 Å². The lowest BCUT2D eigenvalue weighted by Gasteiger charge is -2.15. The van der Waals surface area contributed by atoms with Crippen LogP contribution in [0.2, 0.25) is 0 Å². The Bertz CT molecular complexity index is 2210. The first-order valence-electron chi connectivity index (χ1n) is 25.3. The molecule has 0 amide bonds. The van der Waals surface area contributed by atoms with Crippen molar-refractivity contribution in [2.24, 2.45) is 11.8 Å². The quantitative estimate of drug-likeness (QED) is 0.0104. The molecule has 0 aliphatic heterocycles. The Hall–Kier alpha value is -5.46. The summed E-state index contributed by atoms with van der Waals surface area (Å²) in [6, 6.07) is 22.7. The van der Waals surface area contributed by atoms with Gasteiger partial charge in [-0.2, -0.15) is 0 Å². The maximum absolute atomic E-state index is 12.7. The van der Waals surface area contributed by atoms with Crippen LogP contribution in [0.4, 0.5) is 17.6 Å². The van der Waals surface area contributed by atoms with E-state index in [9.17, 15) is 42.8 Å². The number of aliphatic hydroxyl groups excluding tert-OH is 6. The van der Waals surface area contributed by atoms with Crippen molar-refractivity contribution < 1.29 is 82.6 Å². The Kier molecular flexibility index (Phi) is 38.5. The highest BCUT2D eigenvalue weighted by molar-refractivity contribution is 7.09. The molecule has 0 saturated carbocycles. The minimum atomic E-state index is -0.650. The van der Waals surface area contributed by atoms with Gasteiger partial charge in [0.2, 0.25) is 0 Å². The SMILES string of the molecule is CC(=O)OC(C)CC[C@H](O)COc1ccc(F)cc1.CC(C#CCCO)CC[C@H](O)COc1ccc(F)cc1.CC(C#CCCOP)CC[C@H](O)COc1ccc(F)cc1.CC(O)CC[C@H](O)COc1ccc(F)cc1.[3HH]. The minimum Gasteiger partial charge on any atom is -0.491 e. The minimum absolute atomic E-state index is 0. The van der Waals surface area contributed by atoms with Gasteiger partial charge in [0.25, 0.3) is 0 Å². The van der Waals surface area contributed by atoms with Crippen molar-refractivity contribution in [2.75, 3.05) is 39.6 Å². The highest BCUT2D eigenvalue weighted by Crippen LogP contribution is 2.17. The van der Waals surface area contributed by atoms with Crippen LogP contribution in [-0.2, 0) is 14.1 Å². The summed E-state index contributed by atoms with van der Waals surface area (Å²) in [4.78, 5) is 10.7. The van der Waals surface area contributed by atoms with Crippen molar-refractivity contribution in [1.29, 1.82) is 0 Å². The summed E-state index contributed by atoms with van der Waals surface area (Å²) in [5.41, 5.74) is 0. The van der Waals surface area contributed by atoms with E-state index in [1.54, 1.807) is 26.0 Å². The van der Waals surface area contributed by atoms with E-state index in [1.807, 2.05) is 13.8 Å². The van der Waals surface area contributed by atoms with Crippen molar-refractivity contribution in [2.45, 2.75) is 135 Å². The largest absolute Gasteiger partial charge is 0.491 e. The molecule has 18 heteroatoms. The monoisotopic (exact) mass is 1090 g/mol. The molecular formula is C58H81F4O13P. The van der Waals surface area contributed by atoms with E-state index < -0.39 is 30.5 Å². The molecule has 4 aromatic carbocycles. The first-order chi connectivity index (χ1) is 36.3. The molecular weight excluding hydrogens is 1010 g/mol. The number of esters is 1. The van der Waals surface area contributed by atoms with Crippen molar-refractivity contribution in [3.63, 3.8) is 0 Å². The van der Waals surface area contributed by atoms with E-state index in [0.29, 0.717) is 81.0 Å². The third kappa shape index (κ3) is 39.0. The maximum atomic E-state index is 12.7. The zero-order valence-corrected chi connectivity index (χ0v) is 45.5. The molecule has 0 heterocycles. The molecule has 424 valence electrons. The Labute approximate surface area is 450 Å². The lowest BCUT2D eigenvalue weighted by molar-refractivity contribution is -0.146. The third-order valence-corrected chi connectivity index (χ3v) is 10.6. The molecule has 4 aromatic rings. The fraction of sp³-hybridized carbons (Fsp3) is 0.500. The zero-order valence-electron chi connectivity index (χ0n) is 44.3. The van der Waals surface area contributed by atoms with Crippen LogP contribution in [-0.4, -0.2) is 113 Å². The van der Waals surface area contributed by atoms with Crippen molar-refractivity contribution in [1.82, 2.24) is 0 Å². The molecule has 0 aliphatic rings. The predicted molar refractivity (Wildman–Crippen MR) is 289 cm³/mol. The van der Waals surface area contributed by atoms with Crippen LogP contribution in [0.15, 0.2) is 97.1 Å². The highest BCUT2D eigenvalue weighted by atomic mass is 31.0. The summed E-state index contributed by atoms with van der Waals surface area (Å²) in [7, 11) is 2.20. The first kappa shape index (κ1) is 68.6. The molecule has 6 N–H and O–H groups in total. The van der Waals surface area contributed by atoms with Gasteiger partial charge in [0.1, 0.15) is 72.7 Å². The second-order valence-corrected chi connectivity index (χ2v) is 18.1. The summed E-state index contributed by atoms with van der Waals surface area (Å²) in [5.74, 6) is 13.0. The highest BCUT2D eigenvalue weighted by Gasteiger charge is 2.13. The summed E-state index contributed by atoms with van der Waals surface area (Å²) in [6.07, 6.45) is 3.03. The normalized spacial score (nSPS) is 13.6. The number of carbonyl (C=O) groups excluding carboxylic acids is 1. The molecule has 0 spiro atoms. The summed E-state index contributed by atoms with van der Waals surface area (Å²) >= 11 is 0. The van der Waals surface area contributed by atoms with Gasteiger partial charge < -0.3 is 58.8 Å². The van der Waals surface area contributed by atoms with Crippen molar-refractivity contribution in [3.05, 3.63) is 120 Å². The summed E-state index contributed by atoms with van der Waals surface area (Å²) in [6.45, 7) is 10.2. The molecule has 5 unspecified atom stereocenters. The van der Waals surface area contributed by atoms with Crippen LogP contribution in [0.5, 0.6) is 23.0 Å². The number of rotatable bonds is 28. The van der Waals surface area contributed by atoms with E-state index in [1.165, 1.54) is 91.9 Å². The molecule has 0 aromatic heterocycles. The van der Waals surface area contributed by atoms with Gasteiger partial charge in [0.15, 0.2) is 0 Å². The number of ether oxygens (including phenoxy) is 5. The van der Waals surface area contributed by atoms with Gasteiger partial charge in [-0.15, -0.1) is 23.7 Å². The number of benzene rings is 4. The van der Waals surface area contributed by atoms with Crippen LogP contribution in [0, 0.1) is 58.8 Å². The number of halogens is 4. The maximum Gasteiger partial charge on any atom is 0.302 e. The molecule has 0 fully saturated rings. The van der Waals surface area contributed by atoms with Gasteiger partial charge in [0, 0.05) is 42.5 Å². The molecule has 0 radical (unpaired) electrons. The molecule has 9 atom stereocenters. The number of hydrogen-bond acceptors (Lipinski definition) is 13. The Morgan fingerprint density at radius 1 is 0.500 bits per heavy atom. The lowest BCUT2D eigenvalue weighted by atomic mass is 10.0. The van der Waals surface area contributed by atoms with E-state index in [4.69, 9.17) is 38.4 Å². The average molecular weight is 1100 g/mol. The average Bonchev–Trinajstić information content (AvgIpc) is 3.39. The van der Waals surface area contributed by atoms with Gasteiger partial charge >= 0.3 is 5.97 Å². The molecule has 13 nitrogen and oxygen atoms in total. The lowest BCUT2D eigenvalue weighted by Crippen LogP contribution is -2.21. The van der Waals surface area contributed by atoms with Crippen LogP contribution in [0.25, 0.3) is 0 Å². The van der Waals surface area contributed by atoms with E-state index in [0.717, 1.165) is 12.8 Å². The second-order valence-electron chi connectivity index (χ2n) is 17.8. The molecule has 0 saturated heterocycles. The molecule has 76 heavy (non-hydrogen) atoms.